The smallest absolute Gasteiger partial charge is 0.408 e. The lowest BCUT2D eigenvalue weighted by Gasteiger charge is -2.58. The molecule has 0 saturated heterocycles. The second kappa shape index (κ2) is 15.6. The Balaban J connectivity index is 1.09. The predicted octanol–water partition coefficient (Wildman–Crippen LogP) is 5.47. The molecule has 6 N–H and O–H groups in total. The molecule has 4 aliphatic rings. The van der Waals surface area contributed by atoms with Gasteiger partial charge < -0.3 is 26.2 Å². The van der Waals surface area contributed by atoms with Gasteiger partial charge in [-0.25, -0.2) is 17.9 Å². The minimum Gasteiger partial charge on any atom is -0.445 e. The van der Waals surface area contributed by atoms with E-state index in [1.165, 1.54) is 17.7 Å². The van der Waals surface area contributed by atoms with Crippen molar-refractivity contribution in [3.63, 3.8) is 0 Å². The zero-order chi connectivity index (χ0) is 37.1. The van der Waals surface area contributed by atoms with E-state index >= 15 is 0 Å². The molecule has 8 atom stereocenters. The van der Waals surface area contributed by atoms with Gasteiger partial charge in [0.2, 0.25) is 11.9 Å². The number of nitrogens with one attached hydrogen (secondary N) is 3. The number of amides is 2. The molecule has 0 aromatic heterocycles. The van der Waals surface area contributed by atoms with E-state index in [4.69, 9.17) is 10.5 Å². The SMILES string of the molecule is Cc1ccc(S(=O)(=O)NC(N)=NCCCC(NC(=O)OCc2ccccc2)C(=O)N[C@H]2CC[C@H]3[C@@H]4CC=C5C[C@@H](O)CC[C@]5(C)[C@H]4CC[C@]23C)cc1. The Morgan fingerprint density at radius 1 is 1.02 bits per heavy atom. The Hall–Kier alpha value is -3.90. The van der Waals surface area contributed by atoms with Crippen molar-refractivity contribution in [3.8, 4) is 0 Å². The first kappa shape index (κ1) is 37.8. The van der Waals surface area contributed by atoms with Crippen molar-refractivity contribution in [2.45, 2.75) is 115 Å². The zero-order valence-corrected chi connectivity index (χ0v) is 31.5. The number of alkyl carbamates (subject to hydrolysis) is 1. The first-order chi connectivity index (χ1) is 24.8. The third kappa shape index (κ3) is 8.17. The molecule has 11 nitrogen and oxygen atoms in total. The van der Waals surface area contributed by atoms with Gasteiger partial charge in [0.15, 0.2) is 0 Å². The Kier molecular flexibility index (Phi) is 11.4. The molecule has 282 valence electrons. The van der Waals surface area contributed by atoms with Crippen molar-refractivity contribution in [2.75, 3.05) is 6.54 Å². The topological polar surface area (TPSA) is 172 Å². The molecular formula is C40H55N5O6S. The lowest BCUT2D eigenvalue weighted by Crippen LogP contribution is -2.56. The maximum absolute atomic E-state index is 14.0. The van der Waals surface area contributed by atoms with Crippen molar-refractivity contribution < 1.29 is 27.9 Å². The summed E-state index contributed by atoms with van der Waals surface area (Å²) in [4.78, 5) is 31.3. The lowest BCUT2D eigenvalue weighted by atomic mass is 9.48. The predicted molar refractivity (Wildman–Crippen MR) is 200 cm³/mol. The van der Waals surface area contributed by atoms with E-state index in [0.29, 0.717) is 24.2 Å². The number of nitrogens with zero attached hydrogens (tertiary/aromatic N) is 1. The highest BCUT2D eigenvalue weighted by atomic mass is 32.2. The summed E-state index contributed by atoms with van der Waals surface area (Å²) >= 11 is 0. The van der Waals surface area contributed by atoms with Gasteiger partial charge in [-0.3, -0.25) is 9.79 Å². The molecule has 1 unspecified atom stereocenters. The van der Waals surface area contributed by atoms with Gasteiger partial charge in [0.1, 0.15) is 12.6 Å². The molecule has 0 bridgehead atoms. The molecule has 0 aliphatic heterocycles. The summed E-state index contributed by atoms with van der Waals surface area (Å²) in [5, 5.41) is 16.5. The quantitative estimate of drug-likeness (QED) is 0.0882. The summed E-state index contributed by atoms with van der Waals surface area (Å²) < 4.78 is 33.2. The van der Waals surface area contributed by atoms with E-state index in [0.717, 1.165) is 62.5 Å². The Morgan fingerprint density at radius 2 is 1.77 bits per heavy atom. The highest BCUT2D eigenvalue weighted by Crippen LogP contribution is 2.64. The molecule has 0 spiro atoms. The van der Waals surface area contributed by atoms with E-state index in [9.17, 15) is 23.1 Å². The van der Waals surface area contributed by atoms with Crippen LogP contribution < -0.4 is 21.1 Å². The number of guanidine groups is 1. The Morgan fingerprint density at radius 3 is 2.52 bits per heavy atom. The van der Waals surface area contributed by atoms with Gasteiger partial charge >= 0.3 is 6.09 Å². The van der Waals surface area contributed by atoms with Crippen LogP contribution in [0.4, 0.5) is 4.79 Å². The van der Waals surface area contributed by atoms with Crippen LogP contribution in [0.3, 0.4) is 0 Å². The number of ether oxygens (including phenoxy) is 1. The average Bonchev–Trinajstić information content (AvgIpc) is 3.45. The number of fused-ring (bicyclic) bond motifs is 5. The number of hydrogen-bond acceptors (Lipinski definition) is 7. The number of carbonyl (C=O) groups is 2. The van der Waals surface area contributed by atoms with Crippen molar-refractivity contribution in [1.29, 1.82) is 0 Å². The number of carbonyl (C=O) groups excluding carboxylic acids is 2. The van der Waals surface area contributed by atoms with Crippen LogP contribution in [0.15, 0.2) is 76.1 Å². The Labute approximate surface area is 308 Å². The van der Waals surface area contributed by atoms with Crippen LogP contribution in [-0.4, -0.2) is 56.2 Å². The molecular weight excluding hydrogens is 679 g/mol. The van der Waals surface area contributed by atoms with E-state index in [-0.39, 0.29) is 59.3 Å². The van der Waals surface area contributed by atoms with Crippen LogP contribution in [0, 0.1) is 35.5 Å². The normalized spacial score (nSPS) is 30.5. The molecule has 6 rings (SSSR count). The third-order valence-corrected chi connectivity index (χ3v) is 14.1. The maximum Gasteiger partial charge on any atom is 0.408 e. The summed E-state index contributed by atoms with van der Waals surface area (Å²) in [5.74, 6) is 1.12. The summed E-state index contributed by atoms with van der Waals surface area (Å²) in [7, 11) is -3.89. The summed E-state index contributed by atoms with van der Waals surface area (Å²) in [6, 6.07) is 14.8. The maximum atomic E-state index is 14.0. The average molecular weight is 734 g/mol. The van der Waals surface area contributed by atoms with Gasteiger partial charge in [-0.15, -0.1) is 0 Å². The molecule has 2 amide bonds. The zero-order valence-electron chi connectivity index (χ0n) is 30.6. The number of aliphatic imine (C=N–C) groups is 1. The second-order valence-electron chi connectivity index (χ2n) is 15.9. The number of nitrogens with two attached hydrogens (primary N) is 1. The van der Waals surface area contributed by atoms with Crippen molar-refractivity contribution in [1.82, 2.24) is 15.4 Å². The molecule has 12 heteroatoms. The third-order valence-electron chi connectivity index (χ3n) is 12.7. The van der Waals surface area contributed by atoms with Crippen molar-refractivity contribution >= 4 is 28.0 Å². The van der Waals surface area contributed by atoms with Gasteiger partial charge in [0.05, 0.1) is 11.0 Å². The minimum absolute atomic E-state index is 0.0215. The molecule has 2 aromatic carbocycles. The van der Waals surface area contributed by atoms with Crippen LogP contribution in [0.2, 0.25) is 0 Å². The van der Waals surface area contributed by atoms with Crippen LogP contribution in [-0.2, 0) is 26.2 Å². The lowest BCUT2D eigenvalue weighted by molar-refractivity contribution is -0.125. The standard InChI is InChI=1S/C40H55N5O6S/c1-26-11-14-30(15-12-26)52(49,50)45-37(41)42-23-7-10-34(43-38(48)51-25-27-8-5-4-6-9-27)36(47)44-35-18-17-32-31-16-13-28-24-29(46)19-21-39(28,2)33(31)20-22-40(32,35)3/h4-6,8-9,11-15,29,31-35,46H,7,10,16-25H2,1-3H3,(H,43,48)(H,44,47)(H3,41,42,45)/t29-,31-,32-,33-,34?,35-,39-,40-/m0/s1. The number of allylic oxidation sites excluding steroid dienone is 1. The van der Waals surface area contributed by atoms with E-state index < -0.39 is 22.2 Å². The van der Waals surface area contributed by atoms with E-state index in [1.54, 1.807) is 12.1 Å². The molecule has 0 heterocycles. The number of hydrogen-bond donors (Lipinski definition) is 5. The van der Waals surface area contributed by atoms with E-state index in [2.05, 4.69) is 40.3 Å². The highest BCUT2D eigenvalue weighted by Gasteiger charge is 2.59. The Bertz CT molecular complexity index is 1770. The second-order valence-corrected chi connectivity index (χ2v) is 17.6. The van der Waals surface area contributed by atoms with Crippen LogP contribution in [0.5, 0.6) is 0 Å². The fraction of sp³-hybridized carbons (Fsp3) is 0.575. The van der Waals surface area contributed by atoms with Gasteiger partial charge in [-0.1, -0.05) is 73.5 Å². The minimum atomic E-state index is -3.89. The molecule has 3 saturated carbocycles. The highest BCUT2D eigenvalue weighted by molar-refractivity contribution is 7.90. The van der Waals surface area contributed by atoms with Crippen LogP contribution >= 0.6 is 0 Å². The fourth-order valence-electron chi connectivity index (χ4n) is 9.77. The van der Waals surface area contributed by atoms with Crippen LogP contribution in [0.25, 0.3) is 0 Å². The summed E-state index contributed by atoms with van der Waals surface area (Å²) in [6.07, 6.45) is 9.91. The molecule has 2 aromatic rings. The number of rotatable bonds is 11. The number of aliphatic hydroxyl groups excluding tert-OH is 1. The van der Waals surface area contributed by atoms with Gasteiger partial charge in [-0.2, -0.15) is 0 Å². The number of aliphatic hydroxyl groups is 1. The number of aryl methyl sites for hydroxylation is 1. The summed E-state index contributed by atoms with van der Waals surface area (Å²) in [5.41, 5.74) is 9.24. The molecule has 3 fully saturated rings. The monoisotopic (exact) mass is 733 g/mol. The van der Waals surface area contributed by atoms with Crippen LogP contribution in [0.1, 0.15) is 89.2 Å². The van der Waals surface area contributed by atoms with Crippen molar-refractivity contribution in [2.24, 2.45) is 39.3 Å². The first-order valence-corrected chi connectivity index (χ1v) is 20.3. The molecule has 52 heavy (non-hydrogen) atoms. The largest absolute Gasteiger partial charge is 0.445 e. The van der Waals surface area contributed by atoms with Gasteiger partial charge in [0, 0.05) is 12.6 Å². The van der Waals surface area contributed by atoms with Crippen molar-refractivity contribution in [3.05, 3.63) is 77.4 Å². The fourth-order valence-corrected chi connectivity index (χ4v) is 10.7. The molecule has 0 radical (unpaired) electrons. The van der Waals surface area contributed by atoms with Gasteiger partial charge in [0.25, 0.3) is 10.0 Å². The summed E-state index contributed by atoms with van der Waals surface area (Å²) in [6.45, 7) is 6.84. The molecule has 4 aliphatic carbocycles. The van der Waals surface area contributed by atoms with Gasteiger partial charge in [-0.05, 0) is 117 Å². The van der Waals surface area contributed by atoms with E-state index in [1.807, 2.05) is 37.3 Å². The number of sulfonamides is 1. The number of benzene rings is 2. The first-order valence-electron chi connectivity index (χ1n) is 18.8.